The van der Waals surface area contributed by atoms with Gasteiger partial charge in [0, 0.05) is 26.7 Å². The fourth-order valence-corrected chi connectivity index (χ4v) is 3.23. The summed E-state index contributed by atoms with van der Waals surface area (Å²) in [5.74, 6) is -9.15. The van der Waals surface area contributed by atoms with E-state index in [0.717, 1.165) is 27.9 Å². The van der Waals surface area contributed by atoms with E-state index in [0.29, 0.717) is 0 Å². The van der Waals surface area contributed by atoms with E-state index in [-0.39, 0.29) is 0 Å². The van der Waals surface area contributed by atoms with Gasteiger partial charge in [-0.25, -0.2) is 9.18 Å². The van der Waals surface area contributed by atoms with Crippen LogP contribution in [0.2, 0.25) is 0 Å². The van der Waals surface area contributed by atoms with Gasteiger partial charge in [-0.3, -0.25) is 14.4 Å². The van der Waals surface area contributed by atoms with E-state index in [2.05, 4.69) is 4.74 Å². The first-order valence-corrected chi connectivity index (χ1v) is 9.44. The van der Waals surface area contributed by atoms with Crippen molar-refractivity contribution in [3.8, 4) is 6.07 Å². The smallest absolute Gasteiger partial charge is 0.375 e. The Morgan fingerprint density at radius 3 is 2.19 bits per heavy atom. The quantitative estimate of drug-likeness (QED) is 0.347. The standard InChI is InChI=1S/C19H25F2NO10/c1-9-14(16(31-12(4)25)13(30-11(3)24)8-29-10(2)23)32-19(21,18(26)27-5)17(20)15(9)28-7-6-22/h9,13-17H,7-8H2,1-5H3. The second kappa shape index (κ2) is 11.7. The van der Waals surface area contributed by atoms with Crippen LogP contribution in [0.1, 0.15) is 27.7 Å². The molecular formula is C19H25F2NO10. The molecule has 1 aliphatic heterocycles. The Kier molecular flexibility index (Phi) is 9.92. The molecule has 7 unspecified atom stereocenters. The zero-order valence-corrected chi connectivity index (χ0v) is 18.2. The van der Waals surface area contributed by atoms with Crippen molar-refractivity contribution in [2.45, 2.75) is 64.1 Å². The van der Waals surface area contributed by atoms with Crippen molar-refractivity contribution in [2.75, 3.05) is 20.3 Å². The summed E-state index contributed by atoms with van der Waals surface area (Å²) < 4.78 is 60.0. The van der Waals surface area contributed by atoms with Gasteiger partial charge in [0.1, 0.15) is 25.4 Å². The van der Waals surface area contributed by atoms with E-state index < -0.39 is 79.5 Å². The summed E-state index contributed by atoms with van der Waals surface area (Å²) in [5.41, 5.74) is 0. The minimum Gasteiger partial charge on any atom is -0.465 e. The summed E-state index contributed by atoms with van der Waals surface area (Å²) >= 11 is 0. The summed E-state index contributed by atoms with van der Waals surface area (Å²) in [5, 5.41) is 8.77. The molecule has 0 saturated carbocycles. The molecule has 11 nitrogen and oxygen atoms in total. The number of methoxy groups -OCH3 is 1. The number of nitrogens with zero attached hydrogens (tertiary/aromatic N) is 1. The van der Waals surface area contributed by atoms with Gasteiger partial charge in [-0.05, 0) is 0 Å². The van der Waals surface area contributed by atoms with Gasteiger partial charge in [0.25, 0.3) is 0 Å². The number of halogens is 2. The van der Waals surface area contributed by atoms with Gasteiger partial charge >= 0.3 is 29.7 Å². The molecule has 0 bridgehead atoms. The van der Waals surface area contributed by atoms with Crippen molar-refractivity contribution in [1.29, 1.82) is 5.26 Å². The lowest BCUT2D eigenvalue weighted by molar-refractivity contribution is -0.308. The maximum absolute atomic E-state index is 15.4. The average Bonchev–Trinajstić information content (AvgIpc) is 2.71. The number of nitriles is 1. The van der Waals surface area contributed by atoms with Gasteiger partial charge < -0.3 is 28.4 Å². The molecule has 0 aromatic carbocycles. The topological polar surface area (TPSA) is 147 Å². The van der Waals surface area contributed by atoms with Crippen LogP contribution in [0.5, 0.6) is 0 Å². The van der Waals surface area contributed by atoms with Gasteiger partial charge in [-0.1, -0.05) is 6.92 Å². The van der Waals surface area contributed by atoms with Crippen LogP contribution in [-0.4, -0.2) is 80.6 Å². The third-order valence-electron chi connectivity index (χ3n) is 4.55. The molecule has 0 spiro atoms. The van der Waals surface area contributed by atoms with Gasteiger partial charge in [-0.15, -0.1) is 0 Å². The number of ether oxygens (including phenoxy) is 6. The predicted octanol–water partition coefficient (Wildman–Crippen LogP) is 0.533. The molecule has 0 N–H and O–H groups in total. The fourth-order valence-electron chi connectivity index (χ4n) is 3.23. The maximum Gasteiger partial charge on any atom is 0.375 e. The Bertz CT molecular complexity index is 757. The molecule has 0 radical (unpaired) electrons. The highest BCUT2D eigenvalue weighted by atomic mass is 19.2. The van der Waals surface area contributed by atoms with Gasteiger partial charge in [-0.2, -0.15) is 9.65 Å². The minimum atomic E-state index is -3.70. The normalized spacial score (nSPS) is 29.1. The lowest BCUT2D eigenvalue weighted by Gasteiger charge is -2.46. The van der Waals surface area contributed by atoms with E-state index in [4.69, 9.17) is 28.9 Å². The number of carbonyl (C=O) groups excluding carboxylic acids is 4. The molecule has 0 aliphatic carbocycles. The van der Waals surface area contributed by atoms with Crippen LogP contribution in [0.4, 0.5) is 8.78 Å². The summed E-state index contributed by atoms with van der Waals surface area (Å²) in [6, 6.07) is 1.60. The van der Waals surface area contributed by atoms with E-state index in [9.17, 15) is 23.6 Å². The molecule has 1 aliphatic rings. The van der Waals surface area contributed by atoms with Crippen LogP contribution in [0.25, 0.3) is 0 Å². The monoisotopic (exact) mass is 465 g/mol. The van der Waals surface area contributed by atoms with Crippen LogP contribution >= 0.6 is 0 Å². The Labute approximate surface area is 182 Å². The van der Waals surface area contributed by atoms with E-state index in [1.165, 1.54) is 6.92 Å². The lowest BCUT2D eigenvalue weighted by atomic mass is 9.83. The van der Waals surface area contributed by atoms with Crippen molar-refractivity contribution in [1.82, 2.24) is 0 Å². The first-order valence-electron chi connectivity index (χ1n) is 9.44. The number of alkyl halides is 2. The molecular weight excluding hydrogens is 440 g/mol. The molecule has 0 aromatic heterocycles. The molecule has 7 atom stereocenters. The number of hydrogen-bond donors (Lipinski definition) is 0. The number of esters is 4. The van der Waals surface area contributed by atoms with E-state index in [1.807, 2.05) is 0 Å². The lowest BCUT2D eigenvalue weighted by Crippen LogP contribution is -2.66. The van der Waals surface area contributed by atoms with Crippen molar-refractivity contribution in [3.63, 3.8) is 0 Å². The number of rotatable bonds is 9. The van der Waals surface area contributed by atoms with Gasteiger partial charge in [0.2, 0.25) is 0 Å². The predicted molar refractivity (Wildman–Crippen MR) is 97.9 cm³/mol. The van der Waals surface area contributed by atoms with Crippen LogP contribution in [0.15, 0.2) is 0 Å². The zero-order chi connectivity index (χ0) is 24.6. The Morgan fingerprint density at radius 2 is 1.72 bits per heavy atom. The average molecular weight is 465 g/mol. The highest BCUT2D eigenvalue weighted by molar-refractivity contribution is 5.79. The summed E-state index contributed by atoms with van der Waals surface area (Å²) in [6.45, 7) is 3.11. The highest BCUT2D eigenvalue weighted by Crippen LogP contribution is 2.41. The van der Waals surface area contributed by atoms with Gasteiger partial charge in [0.15, 0.2) is 18.4 Å². The van der Waals surface area contributed by atoms with Gasteiger partial charge in [0.05, 0.1) is 13.2 Å². The molecule has 1 rings (SSSR count). The second-order valence-corrected chi connectivity index (χ2v) is 6.94. The largest absolute Gasteiger partial charge is 0.465 e. The second-order valence-electron chi connectivity index (χ2n) is 6.94. The highest BCUT2D eigenvalue weighted by Gasteiger charge is 2.63. The molecule has 180 valence electrons. The third kappa shape index (κ3) is 6.57. The number of hydrogen-bond acceptors (Lipinski definition) is 11. The van der Waals surface area contributed by atoms with Crippen LogP contribution in [0, 0.1) is 17.2 Å². The van der Waals surface area contributed by atoms with E-state index >= 15 is 4.39 Å². The number of carbonyl (C=O) groups is 4. The molecule has 32 heavy (non-hydrogen) atoms. The molecule has 1 fully saturated rings. The van der Waals surface area contributed by atoms with Crippen molar-refractivity contribution >= 4 is 23.9 Å². The zero-order valence-electron chi connectivity index (χ0n) is 18.2. The Balaban J connectivity index is 3.49. The van der Waals surface area contributed by atoms with Crippen molar-refractivity contribution in [3.05, 3.63) is 0 Å². The van der Waals surface area contributed by atoms with E-state index in [1.54, 1.807) is 6.07 Å². The van der Waals surface area contributed by atoms with Crippen LogP contribution in [-0.2, 0) is 47.6 Å². The Hall–Kier alpha value is -2.85. The molecule has 0 aromatic rings. The molecule has 1 heterocycles. The summed E-state index contributed by atoms with van der Waals surface area (Å²) in [6.07, 6.45) is -9.26. The maximum atomic E-state index is 15.4. The molecule has 0 amide bonds. The van der Waals surface area contributed by atoms with Crippen molar-refractivity contribution in [2.24, 2.45) is 5.92 Å². The SMILES string of the molecule is COC(=O)C1(F)OC(C(OC(C)=O)C(COC(C)=O)OC(C)=O)C(C)C(OCC#N)C1F. The van der Waals surface area contributed by atoms with Crippen molar-refractivity contribution < 1.29 is 56.4 Å². The first kappa shape index (κ1) is 27.2. The summed E-state index contributed by atoms with van der Waals surface area (Å²) in [7, 11) is 0.795. The van der Waals surface area contributed by atoms with Crippen LogP contribution in [0.3, 0.4) is 0 Å². The first-order chi connectivity index (χ1) is 14.9. The fraction of sp³-hybridized carbons (Fsp3) is 0.737. The molecule has 1 saturated heterocycles. The summed E-state index contributed by atoms with van der Waals surface area (Å²) in [4.78, 5) is 46.6. The minimum absolute atomic E-state index is 0.625. The third-order valence-corrected chi connectivity index (χ3v) is 4.55. The van der Waals surface area contributed by atoms with Crippen LogP contribution < -0.4 is 0 Å². The Morgan fingerprint density at radius 1 is 1.12 bits per heavy atom. The molecule has 13 heteroatoms.